The highest BCUT2D eigenvalue weighted by Crippen LogP contribution is 2.22. The Morgan fingerprint density at radius 2 is 1.95 bits per heavy atom. The number of rotatable bonds is 7. The summed E-state index contributed by atoms with van der Waals surface area (Å²) in [6.07, 6.45) is 3.11. The van der Waals surface area contributed by atoms with Crippen LogP contribution in [0.4, 0.5) is 8.78 Å². The van der Waals surface area contributed by atoms with Crippen LogP contribution in [-0.2, 0) is 11.3 Å². The maximum Gasteiger partial charge on any atom is 0.321 e. The van der Waals surface area contributed by atoms with Gasteiger partial charge >= 0.3 is 6.01 Å². The van der Waals surface area contributed by atoms with E-state index in [1.54, 1.807) is 19.5 Å². The van der Waals surface area contributed by atoms with Crippen molar-refractivity contribution in [3.8, 4) is 11.8 Å². The number of ether oxygens (including phenoxy) is 2. The lowest BCUT2D eigenvalue weighted by atomic mass is 10.3. The topological polar surface area (TPSA) is 56.3 Å². The SMILES string of the molecule is COCCNCc1cnc(Oc2cc(F)ccc2F)nc1. The summed E-state index contributed by atoms with van der Waals surface area (Å²) in [5.41, 5.74) is 0.846. The largest absolute Gasteiger partial charge is 0.421 e. The smallest absolute Gasteiger partial charge is 0.321 e. The zero-order chi connectivity index (χ0) is 15.1. The third-order valence-corrected chi connectivity index (χ3v) is 2.59. The molecular weight excluding hydrogens is 280 g/mol. The van der Waals surface area contributed by atoms with E-state index in [0.717, 1.165) is 23.8 Å². The van der Waals surface area contributed by atoms with Crippen molar-refractivity contribution in [1.82, 2.24) is 15.3 Å². The Labute approximate surface area is 120 Å². The van der Waals surface area contributed by atoms with Gasteiger partial charge in [-0.3, -0.25) is 0 Å². The van der Waals surface area contributed by atoms with Crippen molar-refractivity contribution in [3.05, 3.63) is 47.8 Å². The van der Waals surface area contributed by atoms with Crippen molar-refractivity contribution in [2.45, 2.75) is 6.54 Å². The van der Waals surface area contributed by atoms with Gasteiger partial charge in [0.15, 0.2) is 11.6 Å². The normalized spacial score (nSPS) is 10.6. The molecule has 0 fully saturated rings. The minimum atomic E-state index is -0.676. The molecule has 0 amide bonds. The molecule has 1 aromatic carbocycles. The number of nitrogens with one attached hydrogen (secondary N) is 1. The van der Waals surface area contributed by atoms with Crippen molar-refractivity contribution in [2.24, 2.45) is 0 Å². The van der Waals surface area contributed by atoms with Gasteiger partial charge in [0.25, 0.3) is 0 Å². The zero-order valence-corrected chi connectivity index (χ0v) is 11.5. The Kier molecular flexibility index (Phi) is 5.53. The molecule has 5 nitrogen and oxygen atoms in total. The molecular formula is C14H15F2N3O2. The van der Waals surface area contributed by atoms with Gasteiger partial charge in [0, 0.05) is 44.2 Å². The monoisotopic (exact) mass is 295 g/mol. The Balaban J connectivity index is 1.94. The second-order valence-electron chi connectivity index (χ2n) is 4.22. The van der Waals surface area contributed by atoms with Crippen LogP contribution in [0.2, 0.25) is 0 Å². The van der Waals surface area contributed by atoms with Crippen molar-refractivity contribution in [3.63, 3.8) is 0 Å². The lowest BCUT2D eigenvalue weighted by Gasteiger charge is -2.06. The number of benzene rings is 1. The van der Waals surface area contributed by atoms with Crippen LogP contribution in [0, 0.1) is 11.6 Å². The molecule has 0 aliphatic carbocycles. The average molecular weight is 295 g/mol. The highest BCUT2D eigenvalue weighted by molar-refractivity contribution is 5.27. The minimum Gasteiger partial charge on any atom is -0.421 e. The molecule has 0 spiro atoms. The summed E-state index contributed by atoms with van der Waals surface area (Å²) in [6, 6.07) is 2.90. The van der Waals surface area contributed by atoms with Gasteiger partial charge in [-0.15, -0.1) is 0 Å². The minimum absolute atomic E-state index is 0.0415. The van der Waals surface area contributed by atoms with Gasteiger partial charge < -0.3 is 14.8 Å². The Bertz CT molecular complexity index is 579. The summed E-state index contributed by atoms with van der Waals surface area (Å²) >= 11 is 0. The van der Waals surface area contributed by atoms with Gasteiger partial charge in [-0.25, -0.2) is 18.7 Å². The molecule has 112 valence electrons. The standard InChI is InChI=1S/C14H15F2N3O2/c1-20-5-4-17-7-10-8-18-14(19-9-10)21-13-6-11(15)2-3-12(13)16/h2-3,6,8-9,17H,4-5,7H2,1H3. The third kappa shape index (κ3) is 4.73. The molecule has 2 aromatic rings. The molecule has 21 heavy (non-hydrogen) atoms. The lowest BCUT2D eigenvalue weighted by molar-refractivity contribution is 0.199. The number of halogens is 2. The van der Waals surface area contributed by atoms with E-state index in [1.165, 1.54) is 0 Å². The molecule has 1 N–H and O–H groups in total. The number of nitrogens with zero attached hydrogens (tertiary/aromatic N) is 2. The van der Waals surface area contributed by atoms with E-state index in [4.69, 9.17) is 9.47 Å². The third-order valence-electron chi connectivity index (χ3n) is 2.59. The molecule has 0 radical (unpaired) electrons. The van der Waals surface area contributed by atoms with Crippen molar-refractivity contribution in [2.75, 3.05) is 20.3 Å². The molecule has 1 heterocycles. The van der Waals surface area contributed by atoms with E-state index < -0.39 is 11.6 Å². The Morgan fingerprint density at radius 1 is 1.19 bits per heavy atom. The first-order chi connectivity index (χ1) is 10.2. The van der Waals surface area contributed by atoms with E-state index in [2.05, 4.69) is 15.3 Å². The first-order valence-corrected chi connectivity index (χ1v) is 6.32. The molecule has 0 saturated carbocycles. The van der Waals surface area contributed by atoms with E-state index >= 15 is 0 Å². The number of aromatic nitrogens is 2. The number of methoxy groups -OCH3 is 1. The van der Waals surface area contributed by atoms with Crippen molar-refractivity contribution >= 4 is 0 Å². The zero-order valence-electron chi connectivity index (χ0n) is 11.5. The van der Waals surface area contributed by atoms with E-state index in [0.29, 0.717) is 19.7 Å². The summed E-state index contributed by atoms with van der Waals surface area (Å²) in [6.45, 7) is 1.90. The van der Waals surface area contributed by atoms with Crippen LogP contribution < -0.4 is 10.1 Å². The first kappa shape index (κ1) is 15.3. The molecule has 0 aliphatic heterocycles. The number of hydrogen-bond donors (Lipinski definition) is 1. The second-order valence-corrected chi connectivity index (χ2v) is 4.22. The molecule has 0 unspecified atom stereocenters. The van der Waals surface area contributed by atoms with Crippen LogP contribution in [0.3, 0.4) is 0 Å². The van der Waals surface area contributed by atoms with Gasteiger partial charge in [0.05, 0.1) is 6.61 Å². The van der Waals surface area contributed by atoms with Crippen LogP contribution >= 0.6 is 0 Å². The van der Waals surface area contributed by atoms with Crippen LogP contribution in [0.1, 0.15) is 5.56 Å². The Hall–Kier alpha value is -2.12. The molecule has 2 rings (SSSR count). The molecule has 1 aromatic heterocycles. The summed E-state index contributed by atoms with van der Waals surface area (Å²) in [4.78, 5) is 7.90. The lowest BCUT2D eigenvalue weighted by Crippen LogP contribution is -2.18. The fraction of sp³-hybridized carbons (Fsp3) is 0.286. The predicted molar refractivity (Wildman–Crippen MR) is 72.0 cm³/mol. The van der Waals surface area contributed by atoms with E-state index in [1.807, 2.05) is 0 Å². The van der Waals surface area contributed by atoms with E-state index in [9.17, 15) is 8.78 Å². The second kappa shape index (κ2) is 7.61. The maximum absolute atomic E-state index is 13.4. The average Bonchev–Trinajstić information content (AvgIpc) is 2.49. The highest BCUT2D eigenvalue weighted by atomic mass is 19.1. The predicted octanol–water partition coefficient (Wildman–Crippen LogP) is 2.28. The summed E-state index contributed by atoms with van der Waals surface area (Å²) < 4.78 is 36.4. The van der Waals surface area contributed by atoms with Gasteiger partial charge in [0.1, 0.15) is 5.82 Å². The van der Waals surface area contributed by atoms with Crippen LogP contribution in [0.25, 0.3) is 0 Å². The van der Waals surface area contributed by atoms with Gasteiger partial charge in [-0.2, -0.15) is 0 Å². The summed E-state index contributed by atoms with van der Waals surface area (Å²) in [5.74, 6) is -1.52. The fourth-order valence-corrected chi connectivity index (χ4v) is 1.55. The van der Waals surface area contributed by atoms with Crippen LogP contribution in [-0.4, -0.2) is 30.2 Å². The summed E-state index contributed by atoms with van der Waals surface area (Å²) in [7, 11) is 1.63. The molecule has 0 saturated heterocycles. The van der Waals surface area contributed by atoms with Crippen LogP contribution in [0.15, 0.2) is 30.6 Å². The molecule has 0 atom stereocenters. The van der Waals surface area contributed by atoms with Crippen molar-refractivity contribution in [1.29, 1.82) is 0 Å². The van der Waals surface area contributed by atoms with E-state index in [-0.39, 0.29) is 11.8 Å². The molecule has 0 bridgehead atoms. The van der Waals surface area contributed by atoms with Crippen molar-refractivity contribution < 1.29 is 18.3 Å². The highest BCUT2D eigenvalue weighted by Gasteiger charge is 2.08. The number of hydrogen-bond acceptors (Lipinski definition) is 5. The molecule has 7 heteroatoms. The first-order valence-electron chi connectivity index (χ1n) is 6.32. The van der Waals surface area contributed by atoms with Crippen LogP contribution in [0.5, 0.6) is 11.8 Å². The van der Waals surface area contributed by atoms with Gasteiger partial charge in [0.2, 0.25) is 0 Å². The quantitative estimate of drug-likeness (QED) is 0.794. The Morgan fingerprint density at radius 3 is 2.67 bits per heavy atom. The van der Waals surface area contributed by atoms with Gasteiger partial charge in [-0.05, 0) is 12.1 Å². The fourth-order valence-electron chi connectivity index (χ4n) is 1.55. The maximum atomic E-state index is 13.4. The van der Waals surface area contributed by atoms with Gasteiger partial charge in [-0.1, -0.05) is 0 Å². The molecule has 0 aliphatic rings. The summed E-state index contributed by atoms with van der Waals surface area (Å²) in [5, 5.41) is 3.13.